The van der Waals surface area contributed by atoms with E-state index >= 15 is 0 Å². The van der Waals surface area contributed by atoms with Crippen LogP contribution in [-0.4, -0.2) is 30.7 Å². The zero-order valence-electron chi connectivity index (χ0n) is 12.7. The molecule has 0 bridgehead atoms. The summed E-state index contributed by atoms with van der Waals surface area (Å²) in [5.74, 6) is 0.663. The molecule has 0 heterocycles. The van der Waals surface area contributed by atoms with E-state index < -0.39 is 6.10 Å². The van der Waals surface area contributed by atoms with E-state index in [2.05, 4.69) is 20.8 Å². The van der Waals surface area contributed by atoms with E-state index in [9.17, 15) is 5.11 Å². The van der Waals surface area contributed by atoms with Gasteiger partial charge in [-0.1, -0.05) is 46.5 Å². The third kappa shape index (κ3) is 9.86. The molecule has 0 aliphatic rings. The number of unbranched alkanes of at least 4 members (excludes halogenated alkanes) is 1. The predicted octanol–water partition coefficient (Wildman–Crippen LogP) is 3.74. The minimum Gasteiger partial charge on any atom is -0.391 e. The van der Waals surface area contributed by atoms with Gasteiger partial charge in [-0.15, -0.1) is 0 Å². The fraction of sp³-hybridized carbons (Fsp3) is 1.00. The molecule has 0 spiro atoms. The molecule has 0 radical (unpaired) electrons. The number of hydrogen-bond donors (Lipinski definition) is 1. The standard InChI is InChI=1S/C15H32O3/c1-5-8-10-17-15(18-12-13(4)16)11-14(7-3)9-6-2/h13-16H,5-12H2,1-4H3. The topological polar surface area (TPSA) is 38.7 Å². The smallest absolute Gasteiger partial charge is 0.157 e. The first kappa shape index (κ1) is 17.9. The minimum absolute atomic E-state index is 0.150. The number of ether oxygens (including phenoxy) is 2. The molecule has 0 aromatic rings. The molecule has 0 amide bonds. The van der Waals surface area contributed by atoms with Crippen molar-refractivity contribution >= 4 is 0 Å². The molecule has 0 rings (SSSR count). The van der Waals surface area contributed by atoms with Crippen LogP contribution < -0.4 is 0 Å². The lowest BCUT2D eigenvalue weighted by Crippen LogP contribution is -2.25. The second-order valence-electron chi connectivity index (χ2n) is 5.13. The van der Waals surface area contributed by atoms with Gasteiger partial charge in [-0.05, 0) is 19.3 Å². The van der Waals surface area contributed by atoms with E-state index in [-0.39, 0.29) is 6.29 Å². The Morgan fingerprint density at radius 1 is 1.06 bits per heavy atom. The van der Waals surface area contributed by atoms with Gasteiger partial charge in [0.15, 0.2) is 6.29 Å². The number of aliphatic hydroxyl groups excluding tert-OH is 1. The second kappa shape index (κ2) is 11.9. The first-order valence-corrected chi connectivity index (χ1v) is 7.55. The Kier molecular flexibility index (Phi) is 11.9. The predicted molar refractivity (Wildman–Crippen MR) is 75.6 cm³/mol. The fourth-order valence-corrected chi connectivity index (χ4v) is 1.96. The van der Waals surface area contributed by atoms with Crippen LogP contribution in [-0.2, 0) is 9.47 Å². The van der Waals surface area contributed by atoms with Crippen LogP contribution in [0, 0.1) is 5.92 Å². The highest BCUT2D eigenvalue weighted by molar-refractivity contribution is 4.60. The summed E-state index contributed by atoms with van der Waals surface area (Å²) in [5, 5.41) is 9.29. The summed E-state index contributed by atoms with van der Waals surface area (Å²) in [6.45, 7) is 9.45. The summed E-state index contributed by atoms with van der Waals surface area (Å²) in [7, 11) is 0. The molecule has 0 fully saturated rings. The highest BCUT2D eigenvalue weighted by atomic mass is 16.7. The molecule has 3 nitrogen and oxygen atoms in total. The quantitative estimate of drug-likeness (QED) is 0.429. The first-order chi connectivity index (χ1) is 8.63. The van der Waals surface area contributed by atoms with Gasteiger partial charge in [0.2, 0.25) is 0 Å². The zero-order chi connectivity index (χ0) is 13.8. The summed E-state index contributed by atoms with van der Waals surface area (Å²) < 4.78 is 11.4. The molecule has 1 N–H and O–H groups in total. The molecule has 3 atom stereocenters. The van der Waals surface area contributed by atoms with E-state index in [1.807, 2.05) is 0 Å². The van der Waals surface area contributed by atoms with Crippen molar-refractivity contribution in [2.75, 3.05) is 13.2 Å². The first-order valence-electron chi connectivity index (χ1n) is 7.55. The highest BCUT2D eigenvalue weighted by Crippen LogP contribution is 2.20. The summed E-state index contributed by atoms with van der Waals surface area (Å²) in [4.78, 5) is 0. The van der Waals surface area contributed by atoms with Gasteiger partial charge in [-0.25, -0.2) is 0 Å². The molecular formula is C15H32O3. The number of hydrogen-bond acceptors (Lipinski definition) is 3. The van der Waals surface area contributed by atoms with Crippen molar-refractivity contribution in [3.63, 3.8) is 0 Å². The molecule has 3 heteroatoms. The molecule has 0 aromatic carbocycles. The van der Waals surface area contributed by atoms with Crippen LogP contribution in [0.15, 0.2) is 0 Å². The van der Waals surface area contributed by atoms with Crippen LogP contribution >= 0.6 is 0 Å². The normalized spacial score (nSPS) is 16.5. The maximum Gasteiger partial charge on any atom is 0.157 e. The summed E-state index contributed by atoms with van der Waals surface area (Å²) >= 11 is 0. The van der Waals surface area contributed by atoms with Crippen LogP contribution in [0.5, 0.6) is 0 Å². The van der Waals surface area contributed by atoms with Crippen LogP contribution in [0.4, 0.5) is 0 Å². The molecule has 0 saturated carbocycles. The molecule has 110 valence electrons. The van der Waals surface area contributed by atoms with E-state index in [1.165, 1.54) is 19.3 Å². The van der Waals surface area contributed by atoms with Crippen molar-refractivity contribution in [3.05, 3.63) is 0 Å². The minimum atomic E-state index is -0.423. The highest BCUT2D eigenvalue weighted by Gasteiger charge is 2.16. The Morgan fingerprint density at radius 3 is 2.28 bits per heavy atom. The maximum atomic E-state index is 9.29. The van der Waals surface area contributed by atoms with Crippen LogP contribution in [0.2, 0.25) is 0 Å². The Balaban J connectivity index is 4.07. The Hall–Kier alpha value is -0.120. The largest absolute Gasteiger partial charge is 0.391 e. The lowest BCUT2D eigenvalue weighted by atomic mass is 9.97. The third-order valence-corrected chi connectivity index (χ3v) is 3.13. The maximum absolute atomic E-state index is 9.29. The van der Waals surface area contributed by atoms with Crippen molar-refractivity contribution < 1.29 is 14.6 Å². The van der Waals surface area contributed by atoms with Crippen LogP contribution in [0.3, 0.4) is 0 Å². The van der Waals surface area contributed by atoms with E-state index in [0.717, 1.165) is 25.9 Å². The molecule has 0 saturated heterocycles. The van der Waals surface area contributed by atoms with E-state index in [4.69, 9.17) is 9.47 Å². The Morgan fingerprint density at radius 2 is 1.78 bits per heavy atom. The van der Waals surface area contributed by atoms with Gasteiger partial charge < -0.3 is 14.6 Å². The lowest BCUT2D eigenvalue weighted by Gasteiger charge is -2.24. The molecule has 0 aliphatic heterocycles. The van der Waals surface area contributed by atoms with Gasteiger partial charge in [0.05, 0.1) is 12.7 Å². The Labute approximate surface area is 113 Å². The van der Waals surface area contributed by atoms with Crippen molar-refractivity contribution in [1.82, 2.24) is 0 Å². The van der Waals surface area contributed by atoms with Crippen molar-refractivity contribution in [1.29, 1.82) is 0 Å². The van der Waals surface area contributed by atoms with E-state index in [1.54, 1.807) is 6.92 Å². The third-order valence-electron chi connectivity index (χ3n) is 3.13. The van der Waals surface area contributed by atoms with Gasteiger partial charge >= 0.3 is 0 Å². The monoisotopic (exact) mass is 260 g/mol. The molecule has 0 aromatic heterocycles. The number of rotatable bonds is 12. The van der Waals surface area contributed by atoms with Gasteiger partial charge in [0.25, 0.3) is 0 Å². The van der Waals surface area contributed by atoms with Gasteiger partial charge in [-0.2, -0.15) is 0 Å². The van der Waals surface area contributed by atoms with Gasteiger partial charge in [-0.3, -0.25) is 0 Å². The average Bonchev–Trinajstić information content (AvgIpc) is 2.34. The van der Waals surface area contributed by atoms with E-state index in [0.29, 0.717) is 12.5 Å². The summed E-state index contributed by atoms with van der Waals surface area (Å²) in [6.07, 6.45) is 6.17. The van der Waals surface area contributed by atoms with Crippen LogP contribution in [0.25, 0.3) is 0 Å². The van der Waals surface area contributed by atoms with Gasteiger partial charge in [0, 0.05) is 13.0 Å². The van der Waals surface area contributed by atoms with Crippen LogP contribution in [0.1, 0.15) is 66.2 Å². The second-order valence-corrected chi connectivity index (χ2v) is 5.13. The SMILES string of the molecule is CCCCOC(CC(CC)CCC)OCC(C)O. The molecule has 3 unspecified atom stereocenters. The van der Waals surface area contributed by atoms with Crippen molar-refractivity contribution in [3.8, 4) is 0 Å². The summed E-state index contributed by atoms with van der Waals surface area (Å²) in [6, 6.07) is 0. The molecule has 0 aliphatic carbocycles. The molecule has 18 heavy (non-hydrogen) atoms. The fourth-order valence-electron chi connectivity index (χ4n) is 1.96. The molecular weight excluding hydrogens is 228 g/mol. The zero-order valence-corrected chi connectivity index (χ0v) is 12.7. The Bertz CT molecular complexity index is 171. The number of aliphatic hydroxyl groups is 1. The van der Waals surface area contributed by atoms with Crippen molar-refractivity contribution in [2.24, 2.45) is 5.92 Å². The average molecular weight is 260 g/mol. The van der Waals surface area contributed by atoms with Gasteiger partial charge in [0.1, 0.15) is 0 Å². The summed E-state index contributed by atoms with van der Waals surface area (Å²) in [5.41, 5.74) is 0. The lowest BCUT2D eigenvalue weighted by molar-refractivity contribution is -0.165. The van der Waals surface area contributed by atoms with Crippen molar-refractivity contribution in [2.45, 2.75) is 78.6 Å².